The number of nitrogens with two attached hydrogens (primary N) is 1. The normalized spacial score (nSPS) is 11.1. The number of nitrogens with zero attached hydrogens (tertiary/aromatic N) is 2. The Labute approximate surface area is 64.2 Å². The van der Waals surface area contributed by atoms with Crippen LogP contribution in [0.5, 0.6) is 0 Å². The number of nitrogens with one attached hydrogen (secondary N) is 1. The molecule has 0 spiro atoms. The predicted octanol–water partition coefficient (Wildman–Crippen LogP) is 1.34. The molecule has 0 aliphatic heterocycles. The van der Waals surface area contributed by atoms with Gasteiger partial charge in [0.05, 0.1) is 0 Å². The SMILES string of the molecule is N=N/C(=N\N)c1ccccc1. The van der Waals surface area contributed by atoms with E-state index in [9.17, 15) is 0 Å². The van der Waals surface area contributed by atoms with E-state index in [1.165, 1.54) is 0 Å². The molecule has 4 nitrogen and oxygen atoms in total. The van der Waals surface area contributed by atoms with Crippen molar-refractivity contribution >= 4 is 5.84 Å². The Morgan fingerprint density at radius 1 is 1.27 bits per heavy atom. The summed E-state index contributed by atoms with van der Waals surface area (Å²) in [5, 5.41) is 6.49. The molecule has 0 fully saturated rings. The molecular formula is C7H8N4. The highest BCUT2D eigenvalue weighted by atomic mass is 15.2. The zero-order valence-electron chi connectivity index (χ0n) is 5.86. The van der Waals surface area contributed by atoms with Gasteiger partial charge in [0, 0.05) is 5.56 Å². The van der Waals surface area contributed by atoms with Crippen LogP contribution in [0.15, 0.2) is 40.5 Å². The van der Waals surface area contributed by atoms with Crippen molar-refractivity contribution in [1.82, 2.24) is 0 Å². The lowest BCUT2D eigenvalue weighted by molar-refractivity contribution is 1.13. The number of hydrogen-bond donors (Lipinski definition) is 2. The van der Waals surface area contributed by atoms with Gasteiger partial charge in [-0.15, -0.1) is 5.11 Å². The van der Waals surface area contributed by atoms with E-state index in [1.54, 1.807) is 12.1 Å². The molecule has 1 rings (SSSR count). The Hall–Kier alpha value is -1.71. The van der Waals surface area contributed by atoms with Crippen LogP contribution in [0.2, 0.25) is 0 Å². The standard InChI is InChI=1S/C7H8N4/c8-10-7(11-9)6-4-2-1-3-5-6/h1-5,8H,9H2/b10-8?,11-7-. The van der Waals surface area contributed by atoms with E-state index in [4.69, 9.17) is 11.4 Å². The van der Waals surface area contributed by atoms with Crippen molar-refractivity contribution in [2.45, 2.75) is 0 Å². The molecule has 0 aliphatic carbocycles. The summed E-state index contributed by atoms with van der Waals surface area (Å²) in [6.07, 6.45) is 0. The van der Waals surface area contributed by atoms with Gasteiger partial charge < -0.3 is 5.84 Å². The summed E-state index contributed by atoms with van der Waals surface area (Å²) in [4.78, 5) is 0. The van der Waals surface area contributed by atoms with Crippen LogP contribution in [0.3, 0.4) is 0 Å². The molecule has 0 heterocycles. The fourth-order valence-electron chi connectivity index (χ4n) is 0.755. The third kappa shape index (κ3) is 1.61. The van der Waals surface area contributed by atoms with Gasteiger partial charge in [0.1, 0.15) is 0 Å². The molecule has 0 aliphatic rings. The Kier molecular flexibility index (Phi) is 2.32. The molecule has 56 valence electrons. The molecule has 3 N–H and O–H groups in total. The van der Waals surface area contributed by atoms with Gasteiger partial charge in [-0.3, -0.25) is 0 Å². The summed E-state index contributed by atoms with van der Waals surface area (Å²) in [7, 11) is 0. The van der Waals surface area contributed by atoms with Crippen LogP contribution < -0.4 is 5.84 Å². The summed E-state index contributed by atoms with van der Waals surface area (Å²) >= 11 is 0. The van der Waals surface area contributed by atoms with Gasteiger partial charge in [0.25, 0.3) is 0 Å². The summed E-state index contributed by atoms with van der Waals surface area (Å²) in [5.74, 6) is 5.23. The Bertz CT molecular complexity index is 265. The second-order valence-corrected chi connectivity index (χ2v) is 1.93. The topological polar surface area (TPSA) is 74.6 Å². The van der Waals surface area contributed by atoms with Crippen molar-refractivity contribution in [2.75, 3.05) is 0 Å². The number of hydrazone groups is 1. The van der Waals surface area contributed by atoms with Crippen LogP contribution >= 0.6 is 0 Å². The summed E-state index contributed by atoms with van der Waals surface area (Å²) in [6, 6.07) is 9.15. The Balaban J connectivity index is 3.01. The first-order chi connectivity index (χ1) is 5.38. The fourth-order valence-corrected chi connectivity index (χ4v) is 0.755. The van der Waals surface area contributed by atoms with Gasteiger partial charge in [-0.2, -0.15) is 5.10 Å². The lowest BCUT2D eigenvalue weighted by Gasteiger charge is -1.94. The van der Waals surface area contributed by atoms with E-state index in [2.05, 4.69) is 10.2 Å². The van der Waals surface area contributed by atoms with Crippen molar-refractivity contribution in [1.29, 1.82) is 5.53 Å². The number of hydrogen-bond acceptors (Lipinski definition) is 3. The van der Waals surface area contributed by atoms with E-state index in [0.29, 0.717) is 0 Å². The number of benzene rings is 1. The van der Waals surface area contributed by atoms with Crippen molar-refractivity contribution in [3.8, 4) is 0 Å². The van der Waals surface area contributed by atoms with Crippen molar-refractivity contribution < 1.29 is 0 Å². The summed E-state index contributed by atoms with van der Waals surface area (Å²) in [5.41, 5.74) is 7.47. The molecule has 0 bridgehead atoms. The molecule has 0 saturated carbocycles. The van der Waals surface area contributed by atoms with E-state index >= 15 is 0 Å². The molecule has 11 heavy (non-hydrogen) atoms. The zero-order chi connectivity index (χ0) is 8.10. The van der Waals surface area contributed by atoms with Crippen molar-refractivity contribution in [3.05, 3.63) is 35.9 Å². The zero-order valence-corrected chi connectivity index (χ0v) is 5.86. The van der Waals surface area contributed by atoms with Gasteiger partial charge in [-0.25, -0.2) is 5.53 Å². The lowest BCUT2D eigenvalue weighted by atomic mass is 10.2. The van der Waals surface area contributed by atoms with E-state index in [-0.39, 0.29) is 5.84 Å². The molecule has 0 radical (unpaired) electrons. The maximum absolute atomic E-state index is 6.71. The fraction of sp³-hybridized carbons (Fsp3) is 0. The molecule has 0 aromatic heterocycles. The van der Waals surface area contributed by atoms with Gasteiger partial charge >= 0.3 is 0 Å². The van der Waals surface area contributed by atoms with E-state index in [0.717, 1.165) is 5.56 Å². The molecule has 4 heteroatoms. The van der Waals surface area contributed by atoms with Crippen LogP contribution in [-0.4, -0.2) is 5.84 Å². The van der Waals surface area contributed by atoms with Gasteiger partial charge in [-0.05, 0) is 0 Å². The van der Waals surface area contributed by atoms with Crippen LogP contribution in [0.4, 0.5) is 0 Å². The quantitative estimate of drug-likeness (QED) is 0.204. The second kappa shape index (κ2) is 3.46. The largest absolute Gasteiger partial charge is 0.321 e. The average Bonchev–Trinajstić information content (AvgIpc) is 2.09. The number of amidine groups is 1. The summed E-state index contributed by atoms with van der Waals surface area (Å²) in [6.45, 7) is 0. The molecule has 0 saturated heterocycles. The minimum Gasteiger partial charge on any atom is -0.321 e. The molecule has 1 aromatic carbocycles. The molecule has 1 aromatic rings. The maximum atomic E-state index is 6.71. The predicted molar refractivity (Wildman–Crippen MR) is 42.3 cm³/mol. The highest BCUT2D eigenvalue weighted by molar-refractivity contribution is 5.98. The summed E-state index contributed by atoms with van der Waals surface area (Å²) < 4.78 is 0. The Morgan fingerprint density at radius 2 is 1.91 bits per heavy atom. The van der Waals surface area contributed by atoms with Gasteiger partial charge in [0.2, 0.25) is 0 Å². The molecular weight excluding hydrogens is 140 g/mol. The third-order valence-electron chi connectivity index (χ3n) is 1.26. The number of rotatable bonds is 1. The first kappa shape index (κ1) is 7.40. The van der Waals surface area contributed by atoms with Crippen LogP contribution in [0.1, 0.15) is 5.56 Å². The Morgan fingerprint density at radius 3 is 2.36 bits per heavy atom. The van der Waals surface area contributed by atoms with Crippen molar-refractivity contribution in [3.63, 3.8) is 0 Å². The second-order valence-electron chi connectivity index (χ2n) is 1.93. The lowest BCUT2D eigenvalue weighted by Crippen LogP contribution is -1.98. The van der Waals surface area contributed by atoms with Crippen LogP contribution in [-0.2, 0) is 0 Å². The first-order valence-corrected chi connectivity index (χ1v) is 3.09. The first-order valence-electron chi connectivity index (χ1n) is 3.09. The van der Waals surface area contributed by atoms with Crippen LogP contribution in [0.25, 0.3) is 0 Å². The minimum absolute atomic E-state index is 0.241. The van der Waals surface area contributed by atoms with E-state index in [1.807, 2.05) is 18.2 Å². The minimum atomic E-state index is 0.241. The highest BCUT2D eigenvalue weighted by Gasteiger charge is 1.97. The average molecular weight is 148 g/mol. The van der Waals surface area contributed by atoms with Crippen molar-refractivity contribution in [2.24, 2.45) is 16.1 Å². The molecule has 0 amide bonds. The van der Waals surface area contributed by atoms with Gasteiger partial charge in [0.15, 0.2) is 5.84 Å². The van der Waals surface area contributed by atoms with Crippen LogP contribution in [0, 0.1) is 5.53 Å². The van der Waals surface area contributed by atoms with Gasteiger partial charge in [-0.1, -0.05) is 30.3 Å². The highest BCUT2D eigenvalue weighted by Crippen LogP contribution is 2.00. The third-order valence-corrected chi connectivity index (χ3v) is 1.26. The molecule has 0 unspecified atom stereocenters. The van der Waals surface area contributed by atoms with E-state index < -0.39 is 0 Å². The molecule has 0 atom stereocenters. The smallest absolute Gasteiger partial charge is 0.199 e. The maximum Gasteiger partial charge on any atom is 0.199 e. The monoisotopic (exact) mass is 148 g/mol.